The Morgan fingerprint density at radius 2 is 1.88 bits per heavy atom. The van der Waals surface area contributed by atoms with Gasteiger partial charge in [0.1, 0.15) is 0 Å². The van der Waals surface area contributed by atoms with E-state index in [2.05, 4.69) is 6.92 Å². The maximum absolute atomic E-state index is 11.4. The summed E-state index contributed by atoms with van der Waals surface area (Å²) in [6.07, 6.45) is 5.02. The van der Waals surface area contributed by atoms with Gasteiger partial charge in [-0.15, -0.1) is 0 Å². The van der Waals surface area contributed by atoms with Crippen molar-refractivity contribution in [1.29, 1.82) is 0 Å². The molecule has 1 saturated carbocycles. The van der Waals surface area contributed by atoms with E-state index in [1.807, 2.05) is 13.8 Å². The first kappa shape index (κ1) is 14.5. The summed E-state index contributed by atoms with van der Waals surface area (Å²) in [6.45, 7) is 8.04. The minimum atomic E-state index is -1.01. The van der Waals surface area contributed by atoms with Gasteiger partial charge < -0.3 is 9.84 Å². The normalized spacial score (nSPS) is 29.0. The lowest BCUT2D eigenvalue weighted by atomic mass is 9.87. The summed E-state index contributed by atoms with van der Waals surface area (Å²) in [5, 5.41) is 9.34. The van der Waals surface area contributed by atoms with Crippen LogP contribution in [0.3, 0.4) is 0 Å². The molecule has 0 saturated heterocycles. The lowest BCUT2D eigenvalue weighted by Crippen LogP contribution is -2.43. The molecular formula is C14H26O3. The molecule has 0 aromatic carbocycles. The zero-order chi connectivity index (χ0) is 13.1. The first-order valence-electron chi connectivity index (χ1n) is 6.74. The Bertz CT molecular complexity index is 254. The van der Waals surface area contributed by atoms with Crippen LogP contribution < -0.4 is 0 Å². The van der Waals surface area contributed by atoms with Crippen LogP contribution >= 0.6 is 0 Å². The van der Waals surface area contributed by atoms with Crippen molar-refractivity contribution in [2.45, 2.75) is 71.5 Å². The van der Waals surface area contributed by atoms with Gasteiger partial charge in [-0.2, -0.15) is 0 Å². The van der Waals surface area contributed by atoms with Crippen molar-refractivity contribution in [3.63, 3.8) is 0 Å². The van der Waals surface area contributed by atoms with E-state index in [0.717, 1.165) is 31.6 Å². The second-order valence-corrected chi connectivity index (χ2v) is 6.13. The van der Waals surface area contributed by atoms with Crippen LogP contribution in [-0.4, -0.2) is 22.8 Å². The third-order valence-electron chi connectivity index (χ3n) is 3.64. The maximum Gasteiger partial charge on any atom is 0.335 e. The van der Waals surface area contributed by atoms with Gasteiger partial charge in [-0.3, -0.25) is 0 Å². The zero-order valence-electron chi connectivity index (χ0n) is 11.5. The minimum absolute atomic E-state index is 0.131. The van der Waals surface area contributed by atoms with Crippen LogP contribution in [0.1, 0.15) is 59.8 Å². The lowest BCUT2D eigenvalue weighted by molar-refractivity contribution is -0.176. The highest BCUT2D eigenvalue weighted by Gasteiger charge is 2.38. The van der Waals surface area contributed by atoms with Crippen molar-refractivity contribution in [2.75, 3.05) is 0 Å². The van der Waals surface area contributed by atoms with E-state index in [9.17, 15) is 9.90 Å². The largest absolute Gasteiger partial charge is 0.479 e. The van der Waals surface area contributed by atoms with Crippen LogP contribution in [0.5, 0.6) is 0 Å². The summed E-state index contributed by atoms with van der Waals surface area (Å²) in [5.74, 6) is 0.263. The molecule has 0 aromatic rings. The molecule has 0 radical (unpaired) electrons. The fraction of sp³-hybridized carbons (Fsp3) is 0.929. The molecule has 0 heterocycles. The summed E-state index contributed by atoms with van der Waals surface area (Å²) in [6, 6.07) is 0. The molecule has 0 amide bonds. The van der Waals surface area contributed by atoms with Crippen LogP contribution in [-0.2, 0) is 9.53 Å². The van der Waals surface area contributed by atoms with E-state index in [1.54, 1.807) is 6.92 Å². The number of hydrogen-bond donors (Lipinski definition) is 1. The number of ether oxygens (including phenoxy) is 1. The summed E-state index contributed by atoms with van der Waals surface area (Å²) < 4.78 is 5.90. The van der Waals surface area contributed by atoms with Gasteiger partial charge in [-0.05, 0) is 50.9 Å². The van der Waals surface area contributed by atoms with Crippen LogP contribution in [0.25, 0.3) is 0 Å². The Balaban J connectivity index is 2.57. The number of hydrogen-bond acceptors (Lipinski definition) is 2. The molecule has 1 rings (SSSR count). The molecule has 1 N–H and O–H groups in total. The summed E-state index contributed by atoms with van der Waals surface area (Å²) in [5.41, 5.74) is -1.01. The van der Waals surface area contributed by atoms with Crippen LogP contribution in [0.4, 0.5) is 0 Å². The topological polar surface area (TPSA) is 46.5 Å². The van der Waals surface area contributed by atoms with Crippen LogP contribution in [0.2, 0.25) is 0 Å². The highest BCUT2D eigenvalue weighted by Crippen LogP contribution is 2.31. The monoisotopic (exact) mass is 242 g/mol. The van der Waals surface area contributed by atoms with E-state index in [0.29, 0.717) is 12.3 Å². The number of carbonyl (C=O) groups is 1. The molecule has 0 aromatic heterocycles. The predicted octanol–water partition coefficient (Wildman–Crippen LogP) is 3.47. The highest BCUT2D eigenvalue weighted by molar-refractivity contribution is 5.76. The smallest absolute Gasteiger partial charge is 0.335 e. The number of aliphatic carboxylic acids is 1. The van der Waals surface area contributed by atoms with Crippen molar-refractivity contribution < 1.29 is 14.6 Å². The Labute approximate surface area is 105 Å². The molecule has 1 unspecified atom stereocenters. The summed E-state index contributed by atoms with van der Waals surface area (Å²) >= 11 is 0. The second-order valence-electron chi connectivity index (χ2n) is 6.13. The predicted molar refractivity (Wildman–Crippen MR) is 68.0 cm³/mol. The zero-order valence-corrected chi connectivity index (χ0v) is 11.5. The fourth-order valence-electron chi connectivity index (χ4n) is 2.68. The minimum Gasteiger partial charge on any atom is -0.479 e. The molecule has 1 aliphatic carbocycles. The summed E-state index contributed by atoms with van der Waals surface area (Å²) in [7, 11) is 0. The van der Waals surface area contributed by atoms with Gasteiger partial charge in [-0.25, -0.2) is 4.79 Å². The Morgan fingerprint density at radius 3 is 2.29 bits per heavy atom. The first-order valence-corrected chi connectivity index (χ1v) is 6.74. The van der Waals surface area contributed by atoms with Gasteiger partial charge in [0, 0.05) is 0 Å². The third-order valence-corrected chi connectivity index (χ3v) is 3.64. The average molecular weight is 242 g/mol. The Hall–Kier alpha value is -0.570. The van der Waals surface area contributed by atoms with Crippen molar-refractivity contribution in [3.05, 3.63) is 0 Å². The van der Waals surface area contributed by atoms with Crippen molar-refractivity contribution in [1.82, 2.24) is 0 Å². The molecule has 0 spiro atoms. The van der Waals surface area contributed by atoms with Gasteiger partial charge in [0.15, 0.2) is 5.60 Å². The van der Waals surface area contributed by atoms with E-state index in [-0.39, 0.29) is 6.10 Å². The second kappa shape index (κ2) is 5.85. The fourth-order valence-corrected chi connectivity index (χ4v) is 2.68. The van der Waals surface area contributed by atoms with Crippen molar-refractivity contribution >= 4 is 5.97 Å². The Kier molecular flexibility index (Phi) is 4.99. The van der Waals surface area contributed by atoms with E-state index in [1.165, 1.54) is 0 Å². The van der Waals surface area contributed by atoms with Gasteiger partial charge >= 0.3 is 5.97 Å². The standard InChI is InChI=1S/C14H26O3/c1-10(2)9-14(4,13(15)16)17-12-7-5-11(3)6-8-12/h10-12H,5-9H2,1-4H3,(H,15,16). The average Bonchev–Trinajstić information content (AvgIpc) is 2.20. The van der Waals surface area contributed by atoms with Gasteiger partial charge in [0.05, 0.1) is 6.10 Å². The molecule has 3 heteroatoms. The van der Waals surface area contributed by atoms with E-state index < -0.39 is 11.6 Å². The molecule has 17 heavy (non-hydrogen) atoms. The van der Waals surface area contributed by atoms with Gasteiger partial charge in [0.25, 0.3) is 0 Å². The molecule has 0 bridgehead atoms. The third kappa shape index (κ3) is 4.30. The van der Waals surface area contributed by atoms with Crippen molar-refractivity contribution in [2.24, 2.45) is 11.8 Å². The molecule has 100 valence electrons. The molecule has 1 aliphatic rings. The first-order chi connectivity index (χ1) is 7.83. The quantitative estimate of drug-likeness (QED) is 0.803. The van der Waals surface area contributed by atoms with Crippen LogP contribution in [0.15, 0.2) is 0 Å². The number of carboxylic acids is 1. The van der Waals surface area contributed by atoms with Gasteiger partial charge in [-0.1, -0.05) is 20.8 Å². The molecule has 0 aliphatic heterocycles. The molecule has 3 nitrogen and oxygen atoms in total. The number of rotatable bonds is 5. The number of carboxylic acid groups (broad SMARTS) is 1. The molecule has 1 atom stereocenters. The van der Waals surface area contributed by atoms with Gasteiger partial charge in [0.2, 0.25) is 0 Å². The molecular weight excluding hydrogens is 216 g/mol. The summed E-state index contributed by atoms with van der Waals surface area (Å²) in [4.78, 5) is 11.4. The van der Waals surface area contributed by atoms with Crippen molar-refractivity contribution in [3.8, 4) is 0 Å². The van der Waals surface area contributed by atoms with E-state index in [4.69, 9.17) is 4.74 Å². The molecule has 1 fully saturated rings. The maximum atomic E-state index is 11.4. The van der Waals surface area contributed by atoms with E-state index >= 15 is 0 Å². The van der Waals surface area contributed by atoms with Crippen LogP contribution in [0, 0.1) is 11.8 Å². The highest BCUT2D eigenvalue weighted by atomic mass is 16.5. The SMILES string of the molecule is CC(C)CC(C)(OC1CCC(C)CC1)C(=O)O. The lowest BCUT2D eigenvalue weighted by Gasteiger charge is -2.35. The Morgan fingerprint density at radius 1 is 1.35 bits per heavy atom.